The Hall–Kier alpha value is -3.35. The van der Waals surface area contributed by atoms with Crippen LogP contribution in [0.1, 0.15) is 49.7 Å². The minimum atomic E-state index is -0.872. The Balaban J connectivity index is 1.24. The van der Waals surface area contributed by atoms with Crippen molar-refractivity contribution in [1.82, 2.24) is 10.2 Å². The second-order valence-electron chi connectivity index (χ2n) is 9.77. The number of hydrogen-bond acceptors (Lipinski definition) is 4. The van der Waals surface area contributed by atoms with Gasteiger partial charge in [-0.25, -0.2) is 4.79 Å². The lowest BCUT2D eigenvalue weighted by Gasteiger charge is -2.49. The van der Waals surface area contributed by atoms with E-state index in [4.69, 9.17) is 4.74 Å². The van der Waals surface area contributed by atoms with Gasteiger partial charge in [0.25, 0.3) is 0 Å². The average molecular weight is 463 g/mol. The molecule has 2 N–H and O–H groups in total. The molecule has 0 bridgehead atoms. The van der Waals surface area contributed by atoms with Gasteiger partial charge in [-0.15, -0.1) is 0 Å². The zero-order valence-electron chi connectivity index (χ0n) is 19.3. The maximum Gasteiger partial charge on any atom is 0.407 e. The number of carbonyl (C=O) groups excluding carboxylic acids is 2. The summed E-state index contributed by atoms with van der Waals surface area (Å²) in [7, 11) is 0. The van der Waals surface area contributed by atoms with Gasteiger partial charge in [0.1, 0.15) is 18.1 Å². The molecule has 34 heavy (non-hydrogen) atoms. The Bertz CT molecular complexity index is 1070. The highest BCUT2D eigenvalue weighted by atomic mass is 16.5. The molecule has 3 aliphatic rings. The molecule has 5 rings (SSSR count). The summed E-state index contributed by atoms with van der Waals surface area (Å²) in [6, 6.07) is 15.6. The van der Waals surface area contributed by atoms with Crippen LogP contribution >= 0.6 is 0 Å². The zero-order valence-corrected chi connectivity index (χ0v) is 19.3. The van der Waals surface area contributed by atoms with Gasteiger partial charge in [-0.3, -0.25) is 9.59 Å². The van der Waals surface area contributed by atoms with Crippen LogP contribution in [0, 0.1) is 11.3 Å². The van der Waals surface area contributed by atoms with E-state index in [0.717, 1.165) is 41.5 Å². The van der Waals surface area contributed by atoms with Crippen molar-refractivity contribution in [3.63, 3.8) is 0 Å². The van der Waals surface area contributed by atoms with Crippen LogP contribution in [0.25, 0.3) is 11.1 Å². The first-order valence-corrected chi connectivity index (χ1v) is 12.1. The van der Waals surface area contributed by atoms with Gasteiger partial charge in [0.2, 0.25) is 5.91 Å². The number of fused-ring (bicyclic) bond motifs is 3. The van der Waals surface area contributed by atoms with Crippen molar-refractivity contribution in [2.24, 2.45) is 11.3 Å². The van der Waals surface area contributed by atoms with Gasteiger partial charge >= 0.3 is 12.1 Å². The molecule has 0 radical (unpaired) electrons. The fourth-order valence-corrected chi connectivity index (χ4v) is 5.47. The summed E-state index contributed by atoms with van der Waals surface area (Å²) in [4.78, 5) is 39.1. The highest BCUT2D eigenvalue weighted by Gasteiger charge is 2.52. The molecule has 2 aromatic carbocycles. The van der Waals surface area contributed by atoms with Crippen LogP contribution in [-0.2, 0) is 14.3 Å². The van der Waals surface area contributed by atoms with Crippen LogP contribution in [0.3, 0.4) is 0 Å². The summed E-state index contributed by atoms with van der Waals surface area (Å²) in [5.74, 6) is -1.06. The van der Waals surface area contributed by atoms with Gasteiger partial charge in [-0.05, 0) is 47.4 Å². The number of likely N-dealkylation sites (tertiary alicyclic amines) is 1. The standard InChI is InChI=1S/C27H30N2O5/c1-2-27(25(31)32)15-29(16-27)24(30)23(17-8-7-9-17)28-26(33)34-14-22-20-12-5-3-10-18(20)19-11-4-6-13-21(19)22/h3-6,10-13,17,22-23H,2,7-9,14-16H2,1H3,(H,28,33)(H,31,32). The van der Waals surface area contributed by atoms with E-state index < -0.39 is 23.5 Å². The number of carbonyl (C=O) groups is 3. The third-order valence-electron chi connectivity index (χ3n) is 7.93. The van der Waals surface area contributed by atoms with E-state index in [1.54, 1.807) is 4.90 Å². The van der Waals surface area contributed by atoms with E-state index in [1.165, 1.54) is 0 Å². The largest absolute Gasteiger partial charge is 0.481 e. The molecule has 7 heteroatoms. The van der Waals surface area contributed by atoms with Crippen molar-refractivity contribution < 1.29 is 24.2 Å². The number of hydrogen-bond donors (Lipinski definition) is 2. The third-order valence-corrected chi connectivity index (χ3v) is 7.93. The maximum absolute atomic E-state index is 13.2. The number of nitrogens with one attached hydrogen (secondary N) is 1. The first-order chi connectivity index (χ1) is 16.4. The number of rotatable bonds is 7. The fraction of sp³-hybridized carbons (Fsp3) is 0.444. The van der Waals surface area contributed by atoms with Gasteiger partial charge in [0.05, 0.1) is 0 Å². The van der Waals surface area contributed by atoms with E-state index in [0.29, 0.717) is 6.42 Å². The van der Waals surface area contributed by atoms with Crippen molar-refractivity contribution in [3.8, 4) is 11.1 Å². The van der Waals surface area contributed by atoms with Crippen LogP contribution in [0.4, 0.5) is 4.79 Å². The summed E-state index contributed by atoms with van der Waals surface area (Å²) >= 11 is 0. The molecule has 0 spiro atoms. The average Bonchev–Trinajstić information content (AvgIpc) is 3.09. The predicted molar refractivity (Wildman–Crippen MR) is 126 cm³/mol. The second-order valence-corrected chi connectivity index (χ2v) is 9.77. The van der Waals surface area contributed by atoms with E-state index in [2.05, 4.69) is 29.6 Å². The number of carboxylic acids is 1. The molecule has 2 aromatic rings. The lowest BCUT2D eigenvalue weighted by Crippen LogP contribution is -2.66. The number of amides is 2. The van der Waals surface area contributed by atoms with E-state index in [9.17, 15) is 19.5 Å². The van der Waals surface area contributed by atoms with Gasteiger partial charge in [0.15, 0.2) is 0 Å². The molecular weight excluding hydrogens is 432 g/mol. The van der Waals surface area contributed by atoms with Crippen molar-refractivity contribution in [2.45, 2.75) is 44.6 Å². The number of carboxylic acid groups (broad SMARTS) is 1. The minimum Gasteiger partial charge on any atom is -0.481 e. The Morgan fingerprint density at radius 2 is 1.65 bits per heavy atom. The molecule has 1 atom stereocenters. The summed E-state index contributed by atoms with van der Waals surface area (Å²) in [5, 5.41) is 12.3. The third kappa shape index (κ3) is 3.73. The first-order valence-electron chi connectivity index (χ1n) is 12.1. The number of nitrogens with zero attached hydrogens (tertiary/aromatic N) is 1. The number of aliphatic carboxylic acids is 1. The molecule has 1 saturated carbocycles. The normalized spacial score (nSPS) is 19.3. The van der Waals surface area contributed by atoms with Crippen LogP contribution in [0.2, 0.25) is 0 Å². The Kier molecular flexibility index (Phi) is 5.80. The fourth-order valence-electron chi connectivity index (χ4n) is 5.47. The first kappa shape index (κ1) is 22.4. The Morgan fingerprint density at radius 1 is 1.06 bits per heavy atom. The molecular formula is C27H30N2O5. The summed E-state index contributed by atoms with van der Waals surface area (Å²) in [6.07, 6.45) is 2.62. The Morgan fingerprint density at radius 3 is 2.15 bits per heavy atom. The SMILES string of the molecule is CCC1(C(=O)O)CN(C(=O)C(NC(=O)OCC2c3ccccc3-c3ccccc32)C2CCC2)C1. The second kappa shape index (κ2) is 8.78. The summed E-state index contributed by atoms with van der Waals surface area (Å²) < 4.78 is 5.66. The number of benzene rings is 2. The minimum absolute atomic E-state index is 0.0490. The van der Waals surface area contributed by atoms with E-state index in [1.807, 2.05) is 31.2 Å². The molecule has 2 fully saturated rings. The molecule has 2 aliphatic carbocycles. The molecule has 0 aromatic heterocycles. The molecule has 2 amide bonds. The molecule has 1 heterocycles. The van der Waals surface area contributed by atoms with E-state index in [-0.39, 0.29) is 37.4 Å². The van der Waals surface area contributed by atoms with Crippen LogP contribution in [0.15, 0.2) is 48.5 Å². The molecule has 7 nitrogen and oxygen atoms in total. The summed E-state index contributed by atoms with van der Waals surface area (Å²) in [6.45, 7) is 2.39. The maximum atomic E-state index is 13.2. The van der Waals surface area contributed by atoms with Crippen LogP contribution < -0.4 is 5.32 Å². The topological polar surface area (TPSA) is 95.9 Å². The van der Waals surface area contributed by atoms with Crippen molar-refractivity contribution in [1.29, 1.82) is 0 Å². The molecule has 178 valence electrons. The predicted octanol–water partition coefficient (Wildman–Crippen LogP) is 4.02. The van der Waals surface area contributed by atoms with E-state index >= 15 is 0 Å². The molecule has 1 saturated heterocycles. The highest BCUT2D eigenvalue weighted by molar-refractivity contribution is 5.89. The summed E-state index contributed by atoms with van der Waals surface area (Å²) in [5.41, 5.74) is 3.71. The van der Waals surface area contributed by atoms with Gasteiger partial charge in [-0.2, -0.15) is 0 Å². The van der Waals surface area contributed by atoms with Crippen LogP contribution in [0.5, 0.6) is 0 Å². The quantitative estimate of drug-likeness (QED) is 0.648. The molecule has 1 unspecified atom stereocenters. The number of alkyl carbamates (subject to hydrolysis) is 1. The monoisotopic (exact) mass is 462 g/mol. The number of ether oxygens (including phenoxy) is 1. The van der Waals surface area contributed by atoms with Gasteiger partial charge < -0.3 is 20.1 Å². The van der Waals surface area contributed by atoms with Gasteiger partial charge in [0, 0.05) is 19.0 Å². The smallest absolute Gasteiger partial charge is 0.407 e. The molecule has 1 aliphatic heterocycles. The van der Waals surface area contributed by atoms with Crippen molar-refractivity contribution in [2.75, 3.05) is 19.7 Å². The van der Waals surface area contributed by atoms with Crippen molar-refractivity contribution >= 4 is 18.0 Å². The highest BCUT2D eigenvalue weighted by Crippen LogP contribution is 2.44. The zero-order chi connectivity index (χ0) is 23.9. The van der Waals surface area contributed by atoms with Gasteiger partial charge in [-0.1, -0.05) is 61.9 Å². The lowest BCUT2D eigenvalue weighted by atomic mass is 9.75. The Labute approximate surface area is 199 Å². The van der Waals surface area contributed by atoms with Crippen molar-refractivity contribution in [3.05, 3.63) is 59.7 Å². The van der Waals surface area contributed by atoms with Crippen LogP contribution in [-0.4, -0.2) is 53.7 Å². The lowest BCUT2D eigenvalue weighted by molar-refractivity contribution is -0.168.